The molecule has 2 fully saturated rings. The van der Waals surface area contributed by atoms with Crippen LogP contribution >= 0.6 is 0 Å². The molecular weight excluding hydrogens is 526 g/mol. The van der Waals surface area contributed by atoms with Gasteiger partial charge in [-0.2, -0.15) is 0 Å². The molecule has 2 aromatic carbocycles. The van der Waals surface area contributed by atoms with Crippen molar-refractivity contribution in [2.45, 2.75) is 83.3 Å². The average molecular weight is 567 g/mol. The number of aromatic nitrogens is 1. The van der Waals surface area contributed by atoms with Crippen LogP contribution in [0.4, 0.5) is 13.6 Å². The summed E-state index contributed by atoms with van der Waals surface area (Å²) in [5, 5.41) is 0.907. The Balaban J connectivity index is 1.38. The molecule has 0 spiro atoms. The number of halogens is 2. The van der Waals surface area contributed by atoms with Crippen LogP contribution in [0.1, 0.15) is 69.2 Å². The Morgan fingerprint density at radius 3 is 2.22 bits per heavy atom. The van der Waals surface area contributed by atoms with Gasteiger partial charge in [0.2, 0.25) is 0 Å². The molecule has 1 saturated heterocycles. The first-order chi connectivity index (χ1) is 19.6. The molecule has 0 bridgehead atoms. The minimum Gasteiger partial charge on any atom is -0.468 e. The van der Waals surface area contributed by atoms with E-state index >= 15 is 0 Å². The van der Waals surface area contributed by atoms with Gasteiger partial charge in [-0.25, -0.2) is 13.6 Å². The maximum Gasteiger partial charge on any atom is 0.328 e. The van der Waals surface area contributed by atoms with Crippen molar-refractivity contribution in [3.8, 4) is 0 Å². The number of rotatable bonds is 6. The van der Waals surface area contributed by atoms with Gasteiger partial charge in [0, 0.05) is 24.2 Å². The highest BCUT2D eigenvalue weighted by Gasteiger charge is 2.45. The van der Waals surface area contributed by atoms with E-state index in [2.05, 4.69) is 13.8 Å². The number of benzene rings is 2. The lowest BCUT2D eigenvalue weighted by molar-refractivity contribution is -0.149. The van der Waals surface area contributed by atoms with E-state index in [1.807, 2.05) is 6.92 Å². The summed E-state index contributed by atoms with van der Waals surface area (Å²) in [6, 6.07) is 10.4. The molecule has 1 amide bonds. The molecule has 1 saturated carbocycles. The van der Waals surface area contributed by atoms with E-state index in [9.17, 15) is 18.4 Å². The van der Waals surface area contributed by atoms with Crippen molar-refractivity contribution >= 4 is 22.9 Å². The number of carbonyl (C=O) groups is 2. The molecule has 3 aromatic rings. The maximum absolute atomic E-state index is 14.5. The fraction of sp³-hybridized carbons (Fsp3) is 0.515. The zero-order valence-corrected chi connectivity index (χ0v) is 24.4. The van der Waals surface area contributed by atoms with E-state index in [4.69, 9.17) is 9.47 Å². The van der Waals surface area contributed by atoms with E-state index in [1.165, 1.54) is 31.4 Å². The number of likely N-dealkylation sites (tertiary alicyclic amines) is 1. The Morgan fingerprint density at radius 2 is 1.61 bits per heavy atom. The van der Waals surface area contributed by atoms with Crippen molar-refractivity contribution in [3.05, 3.63) is 70.9 Å². The van der Waals surface area contributed by atoms with E-state index < -0.39 is 11.4 Å². The summed E-state index contributed by atoms with van der Waals surface area (Å²) in [5.41, 5.74) is 2.22. The first kappa shape index (κ1) is 29.2. The number of ether oxygens (including phenoxy) is 2. The van der Waals surface area contributed by atoms with Crippen molar-refractivity contribution < 1.29 is 27.8 Å². The molecular formula is C33H40F2N2O4. The fourth-order valence-corrected chi connectivity index (χ4v) is 6.90. The number of carbonyl (C=O) groups excluding carboxylic acids is 2. The van der Waals surface area contributed by atoms with Crippen molar-refractivity contribution in [1.29, 1.82) is 0 Å². The first-order valence-corrected chi connectivity index (χ1v) is 14.7. The molecule has 1 aromatic heterocycles. The molecule has 1 aliphatic carbocycles. The number of esters is 1. The Labute approximate surface area is 240 Å². The smallest absolute Gasteiger partial charge is 0.328 e. The molecule has 0 radical (unpaired) electrons. The zero-order chi connectivity index (χ0) is 29.3. The lowest BCUT2D eigenvalue weighted by Gasteiger charge is -2.40. The van der Waals surface area contributed by atoms with E-state index in [0.29, 0.717) is 49.0 Å². The van der Waals surface area contributed by atoms with Crippen LogP contribution in [0.2, 0.25) is 0 Å². The summed E-state index contributed by atoms with van der Waals surface area (Å²) in [6.07, 6.45) is 6.22. The van der Waals surface area contributed by atoms with E-state index in [1.54, 1.807) is 27.7 Å². The fourth-order valence-electron chi connectivity index (χ4n) is 6.90. The van der Waals surface area contributed by atoms with Crippen LogP contribution in [0.15, 0.2) is 42.5 Å². The second-order valence-electron chi connectivity index (χ2n) is 11.9. The van der Waals surface area contributed by atoms with Gasteiger partial charge < -0.3 is 14.4 Å². The Morgan fingerprint density at radius 1 is 0.976 bits per heavy atom. The minimum atomic E-state index is -0.956. The van der Waals surface area contributed by atoms with Crippen LogP contribution < -0.4 is 0 Å². The lowest BCUT2D eigenvalue weighted by atomic mass is 9.72. The maximum atomic E-state index is 14.5. The van der Waals surface area contributed by atoms with Gasteiger partial charge in [0.15, 0.2) is 0 Å². The minimum absolute atomic E-state index is 0.223. The van der Waals surface area contributed by atoms with Crippen molar-refractivity contribution in [2.24, 2.45) is 5.92 Å². The van der Waals surface area contributed by atoms with Gasteiger partial charge in [-0.05, 0) is 113 Å². The van der Waals surface area contributed by atoms with E-state index in [0.717, 1.165) is 48.7 Å². The molecule has 220 valence electrons. The van der Waals surface area contributed by atoms with Gasteiger partial charge in [-0.1, -0.05) is 12.1 Å². The molecule has 0 atom stereocenters. The third kappa shape index (κ3) is 5.76. The standard InChI is InChI=1S/C33H40F2N2O4/c1-21(2)41-27-12-5-23(6-13-27)19-29-22(3)37(30-20-26(35)11-14-28(29)30)32(39)36-17-15-33(16-18-36,31(38)40-4)24-7-9-25(34)10-8-24/h7-11,14,20-21,23,27H,5-6,12-13,15-19H2,1-4H3. The van der Waals surface area contributed by atoms with Crippen molar-refractivity contribution in [3.63, 3.8) is 0 Å². The van der Waals surface area contributed by atoms with Gasteiger partial charge >= 0.3 is 12.0 Å². The summed E-state index contributed by atoms with van der Waals surface area (Å²) < 4.78 is 40.9. The predicted octanol–water partition coefficient (Wildman–Crippen LogP) is 6.93. The third-order valence-corrected chi connectivity index (χ3v) is 9.10. The molecule has 0 unspecified atom stereocenters. The van der Waals surface area contributed by atoms with Gasteiger partial charge in [0.05, 0.1) is 30.2 Å². The third-order valence-electron chi connectivity index (χ3n) is 9.10. The molecule has 5 rings (SSSR count). The topological polar surface area (TPSA) is 60.8 Å². The molecule has 0 N–H and O–H groups in total. The number of hydrogen-bond donors (Lipinski definition) is 0. The van der Waals surface area contributed by atoms with Crippen LogP contribution in [0.25, 0.3) is 10.9 Å². The normalized spacial score (nSPS) is 20.9. The second kappa shape index (κ2) is 11.9. The summed E-state index contributed by atoms with van der Waals surface area (Å²) in [4.78, 5) is 28.7. The summed E-state index contributed by atoms with van der Waals surface area (Å²) in [5.74, 6) is -0.680. The molecule has 41 heavy (non-hydrogen) atoms. The number of amides is 1. The van der Waals surface area contributed by atoms with Gasteiger partial charge in [-0.3, -0.25) is 9.36 Å². The lowest BCUT2D eigenvalue weighted by Crippen LogP contribution is -2.50. The molecule has 8 heteroatoms. The number of hydrogen-bond acceptors (Lipinski definition) is 4. The van der Waals surface area contributed by atoms with Gasteiger partial charge in [0.25, 0.3) is 0 Å². The summed E-state index contributed by atoms with van der Waals surface area (Å²) in [7, 11) is 1.35. The highest BCUT2D eigenvalue weighted by Crippen LogP contribution is 2.39. The van der Waals surface area contributed by atoms with Crippen LogP contribution in [0.5, 0.6) is 0 Å². The van der Waals surface area contributed by atoms with Crippen LogP contribution in [-0.4, -0.2) is 53.9 Å². The SMILES string of the molecule is COC(=O)C1(c2ccc(F)cc2)CCN(C(=O)n2c(C)c(CC3CCC(OC(C)C)CC3)c3ccc(F)cc32)CC1. The molecule has 1 aliphatic heterocycles. The number of piperidine rings is 1. The molecule has 2 aliphatic rings. The first-order valence-electron chi connectivity index (χ1n) is 14.7. The Hall–Kier alpha value is -3.26. The Bertz CT molecular complexity index is 1400. The predicted molar refractivity (Wildman–Crippen MR) is 154 cm³/mol. The van der Waals surface area contributed by atoms with Gasteiger partial charge in [0.1, 0.15) is 11.6 Å². The highest BCUT2D eigenvalue weighted by molar-refractivity contribution is 5.95. The number of nitrogens with zero attached hydrogens (tertiary/aromatic N) is 2. The monoisotopic (exact) mass is 566 g/mol. The number of fused-ring (bicyclic) bond motifs is 1. The van der Waals surface area contributed by atoms with Crippen LogP contribution in [0, 0.1) is 24.5 Å². The van der Waals surface area contributed by atoms with E-state index in [-0.39, 0.29) is 23.8 Å². The van der Waals surface area contributed by atoms with Crippen LogP contribution in [-0.2, 0) is 26.1 Å². The van der Waals surface area contributed by atoms with Crippen molar-refractivity contribution in [2.75, 3.05) is 20.2 Å². The Kier molecular flexibility index (Phi) is 8.50. The molecule has 2 heterocycles. The summed E-state index contributed by atoms with van der Waals surface area (Å²) >= 11 is 0. The largest absolute Gasteiger partial charge is 0.468 e. The highest BCUT2D eigenvalue weighted by atomic mass is 19.1. The van der Waals surface area contributed by atoms with Crippen molar-refractivity contribution in [1.82, 2.24) is 9.47 Å². The average Bonchev–Trinajstić information content (AvgIpc) is 3.23. The number of methoxy groups -OCH3 is 1. The van der Waals surface area contributed by atoms with Gasteiger partial charge in [-0.15, -0.1) is 0 Å². The summed E-state index contributed by atoms with van der Waals surface area (Å²) in [6.45, 7) is 6.71. The quantitative estimate of drug-likeness (QED) is 0.304. The second-order valence-corrected chi connectivity index (χ2v) is 11.9. The van der Waals surface area contributed by atoms with Crippen LogP contribution in [0.3, 0.4) is 0 Å². The molecule has 6 nitrogen and oxygen atoms in total. The zero-order valence-electron chi connectivity index (χ0n) is 24.4.